The first-order valence-corrected chi connectivity index (χ1v) is 12.7. The first-order valence-electron chi connectivity index (χ1n) is 11.9. The predicted octanol–water partition coefficient (Wildman–Crippen LogP) is 9.26. The van der Waals surface area contributed by atoms with Crippen molar-refractivity contribution in [2.75, 3.05) is 0 Å². The molecule has 5 aromatic carbocycles. The maximum atomic E-state index is 3.70. The second-order valence-electron chi connectivity index (χ2n) is 9.36. The van der Waals surface area contributed by atoms with E-state index in [1.807, 2.05) is 0 Å². The van der Waals surface area contributed by atoms with Crippen molar-refractivity contribution in [3.63, 3.8) is 0 Å². The summed E-state index contributed by atoms with van der Waals surface area (Å²) in [5.41, 5.74) is 9.81. The van der Waals surface area contributed by atoms with Gasteiger partial charge in [-0.15, -0.1) is 0 Å². The lowest BCUT2D eigenvalue weighted by atomic mass is 10.1. The van der Waals surface area contributed by atoms with Crippen molar-refractivity contribution in [2.45, 2.75) is 13.8 Å². The van der Waals surface area contributed by atoms with E-state index in [0.29, 0.717) is 0 Å². The summed E-state index contributed by atoms with van der Waals surface area (Å²) in [7, 11) is 0. The lowest BCUT2D eigenvalue weighted by molar-refractivity contribution is 1.14. The molecule has 0 amide bonds. The Morgan fingerprint density at radius 1 is 0.514 bits per heavy atom. The minimum absolute atomic E-state index is 1.08. The fourth-order valence-electron chi connectivity index (χ4n) is 5.58. The van der Waals surface area contributed by atoms with E-state index in [0.717, 1.165) is 4.47 Å². The second-order valence-corrected chi connectivity index (χ2v) is 10.3. The molecule has 0 aliphatic heterocycles. The number of fused-ring (bicyclic) bond motifs is 6. The zero-order chi connectivity index (χ0) is 23.7. The molecular weight excluding hydrogens is 492 g/mol. The second kappa shape index (κ2) is 7.59. The Morgan fingerprint density at radius 2 is 1.20 bits per heavy atom. The van der Waals surface area contributed by atoms with Gasteiger partial charge < -0.3 is 9.13 Å². The molecule has 7 aromatic rings. The maximum absolute atomic E-state index is 3.70. The normalized spacial score (nSPS) is 11.9. The van der Waals surface area contributed by atoms with Crippen LogP contribution < -0.4 is 0 Å². The third-order valence-electron chi connectivity index (χ3n) is 7.13. The van der Waals surface area contributed by atoms with E-state index in [2.05, 4.69) is 142 Å². The third-order valence-corrected chi connectivity index (χ3v) is 7.62. The summed E-state index contributed by atoms with van der Waals surface area (Å²) in [6, 6.07) is 37.5. The van der Waals surface area contributed by atoms with Crippen LogP contribution in [0, 0.1) is 13.8 Å². The molecule has 0 saturated carbocycles. The van der Waals surface area contributed by atoms with E-state index < -0.39 is 0 Å². The highest BCUT2D eigenvalue weighted by molar-refractivity contribution is 9.10. The first kappa shape index (κ1) is 20.5. The molecule has 0 aliphatic carbocycles. The van der Waals surface area contributed by atoms with Gasteiger partial charge in [-0.05, 0) is 74.0 Å². The van der Waals surface area contributed by atoms with Crippen LogP contribution in [-0.4, -0.2) is 9.13 Å². The van der Waals surface area contributed by atoms with E-state index >= 15 is 0 Å². The molecule has 3 heteroatoms. The number of aromatic nitrogens is 2. The lowest BCUT2D eigenvalue weighted by Gasteiger charge is -2.14. The van der Waals surface area contributed by atoms with Crippen LogP contribution in [0.5, 0.6) is 0 Å². The van der Waals surface area contributed by atoms with Gasteiger partial charge in [0.15, 0.2) is 0 Å². The minimum Gasteiger partial charge on any atom is -0.309 e. The number of benzene rings is 5. The molecule has 0 saturated heterocycles. The number of halogens is 1. The molecule has 2 nitrogen and oxygen atoms in total. The Bertz CT molecular complexity index is 1920. The highest BCUT2D eigenvalue weighted by Gasteiger charge is 2.18. The fraction of sp³-hybridized carbons (Fsp3) is 0.0625. The van der Waals surface area contributed by atoms with E-state index in [4.69, 9.17) is 0 Å². The summed E-state index contributed by atoms with van der Waals surface area (Å²) in [4.78, 5) is 0. The van der Waals surface area contributed by atoms with Gasteiger partial charge in [-0.1, -0.05) is 70.0 Å². The van der Waals surface area contributed by atoms with E-state index in [1.165, 1.54) is 66.1 Å². The first-order chi connectivity index (χ1) is 17.1. The quantitative estimate of drug-likeness (QED) is 0.217. The van der Waals surface area contributed by atoms with Gasteiger partial charge in [-0.3, -0.25) is 0 Å². The number of para-hydroxylation sites is 2. The largest absolute Gasteiger partial charge is 0.309 e. The Morgan fingerprint density at radius 3 is 2.06 bits per heavy atom. The highest BCUT2D eigenvalue weighted by Crippen LogP contribution is 2.39. The Labute approximate surface area is 212 Å². The van der Waals surface area contributed by atoms with Crippen molar-refractivity contribution >= 4 is 59.5 Å². The van der Waals surface area contributed by atoms with Crippen molar-refractivity contribution in [1.29, 1.82) is 0 Å². The van der Waals surface area contributed by atoms with Crippen molar-refractivity contribution in [3.8, 4) is 11.4 Å². The average Bonchev–Trinajstić information content (AvgIpc) is 3.35. The molecule has 0 aliphatic rings. The lowest BCUT2D eigenvalue weighted by Crippen LogP contribution is -1.99. The molecule has 168 valence electrons. The van der Waals surface area contributed by atoms with Crippen LogP contribution in [-0.2, 0) is 0 Å². The Hall–Kier alpha value is -3.82. The van der Waals surface area contributed by atoms with Gasteiger partial charge in [0.05, 0.1) is 27.8 Å². The molecule has 0 atom stereocenters. The minimum atomic E-state index is 1.08. The molecule has 35 heavy (non-hydrogen) atoms. The molecule has 7 rings (SSSR count). The SMILES string of the molecule is Cc1ccc2c(c1)c1ccccc1n2-c1cc2c(cc1C)c1ccc(Br)cc1n2-c1ccccc1. The molecule has 2 heterocycles. The fourth-order valence-corrected chi connectivity index (χ4v) is 5.92. The van der Waals surface area contributed by atoms with Crippen molar-refractivity contribution in [1.82, 2.24) is 9.13 Å². The third kappa shape index (κ3) is 3.01. The van der Waals surface area contributed by atoms with Crippen LogP contribution in [0.4, 0.5) is 0 Å². The van der Waals surface area contributed by atoms with Crippen molar-refractivity contribution in [2.24, 2.45) is 0 Å². The van der Waals surface area contributed by atoms with E-state index in [1.54, 1.807) is 0 Å². The van der Waals surface area contributed by atoms with Crippen molar-refractivity contribution < 1.29 is 0 Å². The van der Waals surface area contributed by atoms with Crippen LogP contribution in [0.2, 0.25) is 0 Å². The standard InChI is InChI=1S/C32H23BrN2/c1-20-12-15-29-26(16-20)24-10-6-7-11-28(24)35(29)30-19-32-27(17-21(30)2)25-14-13-22(33)18-31(25)34(32)23-8-4-3-5-9-23/h3-19H,1-2H3. The van der Waals surface area contributed by atoms with Crippen LogP contribution in [0.25, 0.3) is 55.0 Å². The van der Waals surface area contributed by atoms with Gasteiger partial charge in [0.25, 0.3) is 0 Å². The van der Waals surface area contributed by atoms with Crippen LogP contribution in [0.3, 0.4) is 0 Å². The number of hydrogen-bond donors (Lipinski definition) is 0. The summed E-state index contributed by atoms with van der Waals surface area (Å²) in [5, 5.41) is 5.12. The monoisotopic (exact) mass is 514 g/mol. The highest BCUT2D eigenvalue weighted by atomic mass is 79.9. The number of hydrogen-bond acceptors (Lipinski definition) is 0. The molecule has 0 unspecified atom stereocenters. The van der Waals surface area contributed by atoms with Crippen LogP contribution in [0.1, 0.15) is 11.1 Å². The van der Waals surface area contributed by atoms with Gasteiger partial charge in [0.1, 0.15) is 0 Å². The average molecular weight is 515 g/mol. The summed E-state index contributed by atoms with van der Waals surface area (Å²) < 4.78 is 5.90. The zero-order valence-corrected chi connectivity index (χ0v) is 21.2. The number of aryl methyl sites for hydroxylation is 2. The smallest absolute Gasteiger partial charge is 0.0562 e. The molecule has 0 radical (unpaired) electrons. The summed E-state index contributed by atoms with van der Waals surface area (Å²) in [5.74, 6) is 0. The summed E-state index contributed by atoms with van der Waals surface area (Å²) in [6.45, 7) is 4.40. The molecular formula is C32H23BrN2. The molecule has 0 bridgehead atoms. The van der Waals surface area contributed by atoms with Gasteiger partial charge in [-0.2, -0.15) is 0 Å². The topological polar surface area (TPSA) is 9.86 Å². The number of rotatable bonds is 2. The van der Waals surface area contributed by atoms with Crippen LogP contribution >= 0.6 is 15.9 Å². The molecule has 0 spiro atoms. The van der Waals surface area contributed by atoms with E-state index in [9.17, 15) is 0 Å². The van der Waals surface area contributed by atoms with Gasteiger partial charge in [0, 0.05) is 31.7 Å². The summed E-state index contributed by atoms with van der Waals surface area (Å²) in [6.07, 6.45) is 0. The van der Waals surface area contributed by atoms with Gasteiger partial charge >= 0.3 is 0 Å². The number of nitrogens with zero attached hydrogens (tertiary/aromatic N) is 2. The van der Waals surface area contributed by atoms with Crippen LogP contribution in [0.15, 0.2) is 108 Å². The molecule has 0 N–H and O–H groups in total. The van der Waals surface area contributed by atoms with Crippen molar-refractivity contribution in [3.05, 3.63) is 119 Å². The molecule has 0 fully saturated rings. The van der Waals surface area contributed by atoms with E-state index in [-0.39, 0.29) is 0 Å². The summed E-state index contributed by atoms with van der Waals surface area (Å²) >= 11 is 3.70. The predicted molar refractivity (Wildman–Crippen MR) is 152 cm³/mol. The van der Waals surface area contributed by atoms with Gasteiger partial charge in [0.2, 0.25) is 0 Å². The Balaban J connectivity index is 1.65. The van der Waals surface area contributed by atoms with Gasteiger partial charge in [-0.25, -0.2) is 0 Å². The molecule has 2 aromatic heterocycles. The zero-order valence-electron chi connectivity index (χ0n) is 19.6. The Kier molecular flexibility index (Phi) is 4.46. The maximum Gasteiger partial charge on any atom is 0.0562 e.